The molecule has 0 saturated carbocycles. The average Bonchev–Trinajstić information content (AvgIpc) is 3.86. The molecule has 59 heavy (non-hydrogen) atoms. The summed E-state index contributed by atoms with van der Waals surface area (Å²) in [6, 6.07) is 15.7. The number of thioether (sulfide) groups is 1. The first-order valence-corrected chi connectivity index (χ1v) is 20.3. The number of nitrogens with one attached hydrogen (secondary N) is 2. The van der Waals surface area contributed by atoms with E-state index in [1.165, 1.54) is 16.7 Å². The van der Waals surface area contributed by atoms with Gasteiger partial charge in [-0.15, -0.1) is 11.8 Å². The Kier molecular flexibility index (Phi) is 12.2. The molecule has 0 radical (unpaired) electrons. The Labute approximate surface area is 346 Å². The second-order valence-electron chi connectivity index (χ2n) is 14.2. The van der Waals surface area contributed by atoms with Gasteiger partial charge in [-0.25, -0.2) is 14.2 Å². The zero-order valence-electron chi connectivity index (χ0n) is 32.8. The molecular formula is C39H41N10O8S2+. The lowest BCUT2D eigenvalue weighted by Gasteiger charge is -2.49. The second kappa shape index (κ2) is 17.6. The van der Waals surface area contributed by atoms with E-state index in [0.29, 0.717) is 29.3 Å². The van der Waals surface area contributed by atoms with E-state index in [2.05, 4.69) is 30.1 Å². The fourth-order valence-electron chi connectivity index (χ4n) is 6.22. The number of anilines is 1. The molecule has 2 aliphatic heterocycles. The Balaban J connectivity index is 1.13. The molecule has 1 fully saturated rings. The lowest BCUT2D eigenvalue weighted by atomic mass is 10.0. The van der Waals surface area contributed by atoms with E-state index < -0.39 is 40.9 Å². The maximum Gasteiger partial charge on any atom is 0.414 e. The summed E-state index contributed by atoms with van der Waals surface area (Å²) in [4.78, 5) is 74.1. The molecule has 2 atom stereocenters. The molecule has 2 N–H and O–H groups in total. The van der Waals surface area contributed by atoms with Crippen molar-refractivity contribution < 1.29 is 42.8 Å². The monoisotopic (exact) mass is 841 g/mol. The van der Waals surface area contributed by atoms with E-state index in [1.54, 1.807) is 71.6 Å². The summed E-state index contributed by atoms with van der Waals surface area (Å²) in [7, 11) is 1.56. The highest BCUT2D eigenvalue weighted by Gasteiger charge is 2.55. The normalized spacial score (nSPS) is 16.6. The summed E-state index contributed by atoms with van der Waals surface area (Å²) < 4.78 is 24.4. The maximum atomic E-state index is 14.1. The molecule has 4 aromatic heterocycles. The molecule has 20 heteroatoms. The summed E-state index contributed by atoms with van der Waals surface area (Å²) in [6.45, 7) is 7.65. The molecule has 306 valence electrons. The van der Waals surface area contributed by atoms with Crippen molar-refractivity contribution in [2.75, 3.05) is 24.8 Å². The van der Waals surface area contributed by atoms with Gasteiger partial charge in [0.1, 0.15) is 53.7 Å². The van der Waals surface area contributed by atoms with Crippen LogP contribution in [0.25, 0.3) is 11.2 Å². The van der Waals surface area contributed by atoms with Gasteiger partial charge in [0, 0.05) is 29.1 Å². The van der Waals surface area contributed by atoms with E-state index in [-0.39, 0.29) is 42.1 Å². The quantitative estimate of drug-likeness (QED) is 0.0538. The summed E-state index contributed by atoms with van der Waals surface area (Å²) in [5.74, 6) is -1.15. The smallest absolute Gasteiger partial charge is 0.414 e. The molecule has 6 heterocycles. The number of nitrogens with zero attached hydrogens (tertiary/aromatic N) is 8. The van der Waals surface area contributed by atoms with Crippen LogP contribution in [0.15, 0.2) is 89.7 Å². The third-order valence-electron chi connectivity index (χ3n) is 8.87. The Morgan fingerprint density at radius 3 is 2.61 bits per heavy atom. The van der Waals surface area contributed by atoms with Crippen LogP contribution in [0.5, 0.6) is 5.75 Å². The van der Waals surface area contributed by atoms with E-state index in [4.69, 9.17) is 24.0 Å². The van der Waals surface area contributed by atoms with E-state index in [9.17, 15) is 19.2 Å². The van der Waals surface area contributed by atoms with Gasteiger partial charge in [0.05, 0.1) is 25.5 Å². The average molecular weight is 842 g/mol. The van der Waals surface area contributed by atoms with Crippen LogP contribution in [-0.4, -0.2) is 94.9 Å². The number of aromatic nitrogens is 6. The highest BCUT2D eigenvalue weighted by Crippen LogP contribution is 2.41. The molecule has 2 aliphatic rings. The number of pyridine rings is 2. The van der Waals surface area contributed by atoms with Gasteiger partial charge in [-0.3, -0.25) is 29.4 Å². The molecule has 1 saturated heterocycles. The van der Waals surface area contributed by atoms with Gasteiger partial charge in [0.2, 0.25) is 23.0 Å². The van der Waals surface area contributed by atoms with Gasteiger partial charge in [-0.2, -0.15) is 9.36 Å². The lowest BCUT2D eigenvalue weighted by Crippen LogP contribution is -2.71. The maximum absolute atomic E-state index is 14.1. The standard InChI is InChI=1S/C39H40N10O8S2/c1-6-56-45-28(31-43-37(59-46-31)44-38(53)57-39(2,3)4)33(50)42-29-34(51)49-30(36(52)55-20-23-12-14-26(54-5)15-13-23)24(21-58-35(29)49)18-47-17-9-11-27-32(47)41-22-48(27)19-25-10-7-8-16-40-25/h7-17,22,29,35H,6,18-21H2,1-5H3,(H-,42,43,44,46,50,53)/p+1/b45-28-. The Bertz CT molecular complexity index is 2430. The van der Waals surface area contributed by atoms with Crippen LogP contribution >= 0.6 is 23.3 Å². The van der Waals surface area contributed by atoms with Crippen molar-refractivity contribution in [1.29, 1.82) is 0 Å². The van der Waals surface area contributed by atoms with E-state index in [0.717, 1.165) is 28.3 Å². The number of carbonyl (C=O) groups is 4. The highest BCUT2D eigenvalue weighted by molar-refractivity contribution is 8.00. The van der Waals surface area contributed by atoms with Crippen molar-refractivity contribution in [3.05, 3.63) is 102 Å². The van der Waals surface area contributed by atoms with Crippen LogP contribution in [0.4, 0.5) is 9.93 Å². The number of fused-ring (bicyclic) bond motifs is 2. The second-order valence-corrected chi connectivity index (χ2v) is 16.0. The summed E-state index contributed by atoms with van der Waals surface area (Å²) >= 11 is 2.20. The number of rotatable bonds is 14. The Morgan fingerprint density at radius 1 is 1.07 bits per heavy atom. The fourth-order valence-corrected chi connectivity index (χ4v) is 8.11. The van der Waals surface area contributed by atoms with Gasteiger partial charge in [0.25, 0.3) is 11.8 Å². The molecule has 0 spiro atoms. The van der Waals surface area contributed by atoms with Crippen molar-refractivity contribution >= 4 is 69.2 Å². The number of β-lactam (4-membered cyclic amide) rings is 1. The Hall–Kier alpha value is -6.41. The van der Waals surface area contributed by atoms with Crippen molar-refractivity contribution in [2.45, 2.75) is 64.4 Å². The topological polar surface area (TPSA) is 205 Å². The van der Waals surface area contributed by atoms with Crippen LogP contribution in [0, 0.1) is 0 Å². The zero-order chi connectivity index (χ0) is 41.7. The molecule has 7 rings (SSSR count). The minimum atomic E-state index is -1.04. The number of ether oxygens (including phenoxy) is 3. The Morgan fingerprint density at radius 2 is 1.88 bits per heavy atom. The molecule has 5 aromatic rings. The van der Waals surface area contributed by atoms with Gasteiger partial charge >= 0.3 is 17.7 Å². The SMILES string of the molecule is CCO/N=C(\C(=O)NC1C(=O)N2C(C(=O)OCc3ccc(OC)cc3)=C(C[n+]3cccc4c3ncn4Cc3ccccn3)CSC12)c1nsc(NC(=O)OC(C)(C)C)n1. The van der Waals surface area contributed by atoms with E-state index >= 15 is 0 Å². The number of imidazole rings is 1. The van der Waals surface area contributed by atoms with Gasteiger partial charge in [0.15, 0.2) is 0 Å². The predicted molar refractivity (Wildman–Crippen MR) is 216 cm³/mol. The number of oxime groups is 1. The number of benzene rings is 1. The summed E-state index contributed by atoms with van der Waals surface area (Å²) in [6.07, 6.45) is 4.60. The molecule has 0 bridgehead atoms. The third-order valence-corrected chi connectivity index (χ3v) is 10.8. The number of hydrogen-bond acceptors (Lipinski definition) is 15. The van der Waals surface area contributed by atoms with Crippen molar-refractivity contribution in [2.24, 2.45) is 5.16 Å². The van der Waals surface area contributed by atoms with Crippen LogP contribution < -0.4 is 19.9 Å². The van der Waals surface area contributed by atoms with Gasteiger partial charge in [-0.05, 0) is 74.6 Å². The van der Waals surface area contributed by atoms with Crippen molar-refractivity contribution in [3.63, 3.8) is 0 Å². The minimum Gasteiger partial charge on any atom is -0.497 e. The number of methoxy groups -OCH3 is 1. The predicted octanol–water partition coefficient (Wildman–Crippen LogP) is 3.81. The highest BCUT2D eigenvalue weighted by atomic mass is 32.2. The zero-order valence-corrected chi connectivity index (χ0v) is 34.4. The summed E-state index contributed by atoms with van der Waals surface area (Å²) in [5, 5.41) is 8.55. The van der Waals surface area contributed by atoms with Crippen LogP contribution in [-0.2, 0) is 48.4 Å². The van der Waals surface area contributed by atoms with Crippen LogP contribution in [0.1, 0.15) is 44.8 Å². The number of esters is 1. The van der Waals surface area contributed by atoms with Crippen LogP contribution in [0.2, 0.25) is 0 Å². The van der Waals surface area contributed by atoms with Gasteiger partial charge < -0.3 is 24.4 Å². The first-order chi connectivity index (χ1) is 28.4. The van der Waals surface area contributed by atoms with Crippen molar-refractivity contribution in [1.82, 2.24) is 34.1 Å². The molecular weight excluding hydrogens is 801 g/mol. The van der Waals surface area contributed by atoms with Crippen LogP contribution in [0.3, 0.4) is 0 Å². The third kappa shape index (κ3) is 9.33. The number of amides is 3. The van der Waals surface area contributed by atoms with E-state index in [1.807, 2.05) is 45.7 Å². The lowest BCUT2D eigenvalue weighted by molar-refractivity contribution is -0.664. The molecule has 3 amide bonds. The van der Waals surface area contributed by atoms with Gasteiger partial charge in [-0.1, -0.05) is 23.4 Å². The largest absolute Gasteiger partial charge is 0.497 e. The first kappa shape index (κ1) is 40.8. The molecule has 18 nitrogen and oxygen atoms in total. The first-order valence-electron chi connectivity index (χ1n) is 18.5. The fraction of sp³-hybridized carbons (Fsp3) is 0.333. The number of carbonyl (C=O) groups excluding carboxylic acids is 4. The van der Waals surface area contributed by atoms with Crippen molar-refractivity contribution in [3.8, 4) is 5.75 Å². The molecule has 1 aromatic carbocycles. The molecule has 0 aliphatic carbocycles. The molecule has 2 unspecified atom stereocenters. The summed E-state index contributed by atoms with van der Waals surface area (Å²) in [5.41, 5.74) is 2.80. The number of hydrogen-bond donors (Lipinski definition) is 2. The minimum absolute atomic E-state index is 0.0526.